The van der Waals surface area contributed by atoms with Gasteiger partial charge < -0.3 is 10.1 Å². The molecule has 1 aromatic heterocycles. The van der Waals surface area contributed by atoms with Gasteiger partial charge in [0.1, 0.15) is 0 Å². The molecule has 0 aliphatic carbocycles. The summed E-state index contributed by atoms with van der Waals surface area (Å²) in [5, 5.41) is 2.92. The molecule has 0 radical (unpaired) electrons. The summed E-state index contributed by atoms with van der Waals surface area (Å²) in [5.74, 6) is 0.875. The maximum atomic E-state index is 12.0. The number of hydrogen-bond acceptors (Lipinski definition) is 4. The molecule has 0 aliphatic rings. The van der Waals surface area contributed by atoms with Crippen LogP contribution in [-0.4, -0.2) is 29.3 Å². The fraction of sp³-hybridized carbons (Fsp3) is 0.692. The van der Waals surface area contributed by atoms with Crippen LogP contribution in [0.4, 0.5) is 19.1 Å². The van der Waals surface area contributed by atoms with Gasteiger partial charge in [-0.2, -0.15) is 18.2 Å². The van der Waals surface area contributed by atoms with Gasteiger partial charge in [0.25, 0.3) is 0 Å². The van der Waals surface area contributed by atoms with Crippen molar-refractivity contribution in [3.63, 3.8) is 0 Å². The van der Waals surface area contributed by atoms with E-state index in [0.29, 0.717) is 31.4 Å². The van der Waals surface area contributed by atoms with E-state index >= 15 is 0 Å². The Balaban J connectivity index is 2.37. The third kappa shape index (κ3) is 7.16. The highest BCUT2D eigenvalue weighted by atomic mass is 19.4. The van der Waals surface area contributed by atoms with Gasteiger partial charge in [-0.1, -0.05) is 6.92 Å². The molecule has 0 aromatic carbocycles. The Morgan fingerprint density at radius 3 is 2.65 bits per heavy atom. The van der Waals surface area contributed by atoms with Gasteiger partial charge in [0, 0.05) is 24.7 Å². The summed E-state index contributed by atoms with van der Waals surface area (Å²) in [6, 6.07) is 1.73. The number of aromatic nitrogens is 2. The van der Waals surface area contributed by atoms with Crippen LogP contribution in [0.1, 0.15) is 38.3 Å². The molecule has 0 saturated carbocycles. The van der Waals surface area contributed by atoms with E-state index in [-0.39, 0.29) is 6.42 Å². The summed E-state index contributed by atoms with van der Waals surface area (Å²) < 4.78 is 41.3. The fourth-order valence-corrected chi connectivity index (χ4v) is 1.55. The quantitative estimate of drug-likeness (QED) is 0.742. The standard InChI is InChI=1S/C13H20F3N3O/c1-3-8-20-11-9-10(2)18-12(19-11)17-7-5-4-6-13(14,15)16/h9H,3-8H2,1-2H3,(H,17,18,19). The number of rotatable bonds is 8. The average Bonchev–Trinajstić information content (AvgIpc) is 2.34. The average molecular weight is 291 g/mol. The van der Waals surface area contributed by atoms with Gasteiger partial charge in [-0.3, -0.25) is 0 Å². The minimum Gasteiger partial charge on any atom is -0.478 e. The van der Waals surface area contributed by atoms with Crippen LogP contribution in [0.2, 0.25) is 0 Å². The molecule has 20 heavy (non-hydrogen) atoms. The first-order chi connectivity index (χ1) is 9.40. The van der Waals surface area contributed by atoms with Crippen molar-refractivity contribution in [2.45, 2.75) is 45.7 Å². The number of alkyl halides is 3. The van der Waals surface area contributed by atoms with Crippen molar-refractivity contribution in [3.05, 3.63) is 11.8 Å². The molecule has 7 heteroatoms. The molecule has 114 valence electrons. The van der Waals surface area contributed by atoms with E-state index in [9.17, 15) is 13.2 Å². The Hall–Kier alpha value is -1.53. The molecule has 1 rings (SSSR count). The summed E-state index contributed by atoms with van der Waals surface area (Å²) in [5.41, 5.74) is 0.754. The second kappa shape index (κ2) is 7.91. The lowest BCUT2D eigenvalue weighted by molar-refractivity contribution is -0.135. The summed E-state index contributed by atoms with van der Waals surface area (Å²) in [4.78, 5) is 8.31. The van der Waals surface area contributed by atoms with Crippen LogP contribution in [-0.2, 0) is 0 Å². The zero-order chi connectivity index (χ0) is 15.0. The van der Waals surface area contributed by atoms with Crippen molar-refractivity contribution in [3.8, 4) is 5.88 Å². The van der Waals surface area contributed by atoms with Crippen LogP contribution < -0.4 is 10.1 Å². The predicted octanol–water partition coefficient (Wildman–Crippen LogP) is 3.72. The Kier molecular flexibility index (Phi) is 6.54. The maximum absolute atomic E-state index is 12.0. The summed E-state index contributed by atoms with van der Waals surface area (Å²) >= 11 is 0. The molecule has 1 N–H and O–H groups in total. The maximum Gasteiger partial charge on any atom is 0.389 e. The minimum atomic E-state index is -4.08. The smallest absolute Gasteiger partial charge is 0.389 e. The Bertz CT molecular complexity index is 410. The van der Waals surface area contributed by atoms with Crippen LogP contribution in [0.15, 0.2) is 6.07 Å². The van der Waals surface area contributed by atoms with Crippen molar-refractivity contribution in [2.75, 3.05) is 18.5 Å². The zero-order valence-corrected chi connectivity index (χ0v) is 11.8. The van der Waals surface area contributed by atoms with Gasteiger partial charge in [-0.05, 0) is 26.2 Å². The van der Waals surface area contributed by atoms with Crippen molar-refractivity contribution < 1.29 is 17.9 Å². The highest BCUT2D eigenvalue weighted by Gasteiger charge is 2.25. The van der Waals surface area contributed by atoms with E-state index in [2.05, 4.69) is 15.3 Å². The number of unbranched alkanes of at least 4 members (excludes halogenated alkanes) is 1. The van der Waals surface area contributed by atoms with Gasteiger partial charge in [0.2, 0.25) is 11.8 Å². The first-order valence-corrected chi connectivity index (χ1v) is 6.70. The van der Waals surface area contributed by atoms with Crippen LogP contribution in [0.25, 0.3) is 0 Å². The van der Waals surface area contributed by atoms with Crippen LogP contribution in [0.5, 0.6) is 5.88 Å². The molecule has 0 bridgehead atoms. The Morgan fingerprint density at radius 1 is 1.25 bits per heavy atom. The molecule has 0 saturated heterocycles. The number of anilines is 1. The van der Waals surface area contributed by atoms with Gasteiger partial charge in [0.05, 0.1) is 6.61 Å². The lowest BCUT2D eigenvalue weighted by Gasteiger charge is -2.09. The Morgan fingerprint density at radius 2 is 2.00 bits per heavy atom. The monoisotopic (exact) mass is 291 g/mol. The SMILES string of the molecule is CCCOc1cc(C)nc(NCCCCC(F)(F)F)n1. The van der Waals surface area contributed by atoms with E-state index < -0.39 is 12.6 Å². The molecule has 0 atom stereocenters. The van der Waals surface area contributed by atoms with Crippen molar-refractivity contribution in [1.29, 1.82) is 0 Å². The molecule has 1 heterocycles. The van der Waals surface area contributed by atoms with E-state index in [0.717, 1.165) is 12.1 Å². The Labute approximate surface area is 116 Å². The van der Waals surface area contributed by atoms with Crippen molar-refractivity contribution in [1.82, 2.24) is 9.97 Å². The molecule has 0 aliphatic heterocycles. The van der Waals surface area contributed by atoms with Gasteiger partial charge in [0.15, 0.2) is 0 Å². The van der Waals surface area contributed by atoms with E-state index in [4.69, 9.17) is 4.74 Å². The highest BCUT2D eigenvalue weighted by Crippen LogP contribution is 2.22. The second-order valence-corrected chi connectivity index (χ2v) is 4.52. The second-order valence-electron chi connectivity index (χ2n) is 4.52. The number of hydrogen-bond donors (Lipinski definition) is 1. The fourth-order valence-electron chi connectivity index (χ4n) is 1.55. The number of halogens is 3. The summed E-state index contributed by atoms with van der Waals surface area (Å²) in [7, 11) is 0. The van der Waals surface area contributed by atoms with Gasteiger partial charge in [-0.15, -0.1) is 0 Å². The molecular weight excluding hydrogens is 271 g/mol. The summed E-state index contributed by atoms with van der Waals surface area (Å²) in [6.45, 7) is 4.79. The molecule has 0 amide bonds. The topological polar surface area (TPSA) is 47.0 Å². The molecule has 0 spiro atoms. The number of nitrogens with zero attached hydrogens (tertiary/aromatic N) is 2. The predicted molar refractivity (Wildman–Crippen MR) is 71.0 cm³/mol. The van der Waals surface area contributed by atoms with E-state index in [1.54, 1.807) is 6.07 Å². The molecule has 1 aromatic rings. The van der Waals surface area contributed by atoms with Crippen LogP contribution >= 0.6 is 0 Å². The van der Waals surface area contributed by atoms with Gasteiger partial charge >= 0.3 is 6.18 Å². The first-order valence-electron chi connectivity index (χ1n) is 6.70. The number of aryl methyl sites for hydroxylation is 1. The van der Waals surface area contributed by atoms with E-state index in [1.807, 2.05) is 13.8 Å². The number of ether oxygens (including phenoxy) is 1. The third-order valence-corrected chi connectivity index (χ3v) is 2.45. The summed E-state index contributed by atoms with van der Waals surface area (Å²) in [6.07, 6.45) is -3.44. The lowest BCUT2D eigenvalue weighted by atomic mass is 10.2. The van der Waals surface area contributed by atoms with Crippen molar-refractivity contribution >= 4 is 5.95 Å². The van der Waals surface area contributed by atoms with Gasteiger partial charge in [-0.25, -0.2) is 4.98 Å². The first kappa shape index (κ1) is 16.5. The minimum absolute atomic E-state index is 0.0987. The third-order valence-electron chi connectivity index (χ3n) is 2.45. The lowest BCUT2D eigenvalue weighted by Crippen LogP contribution is -2.10. The molecule has 4 nitrogen and oxygen atoms in total. The van der Waals surface area contributed by atoms with Crippen LogP contribution in [0, 0.1) is 6.92 Å². The molecular formula is C13H20F3N3O. The number of nitrogens with one attached hydrogen (secondary N) is 1. The zero-order valence-electron chi connectivity index (χ0n) is 11.8. The molecule has 0 fully saturated rings. The largest absolute Gasteiger partial charge is 0.478 e. The van der Waals surface area contributed by atoms with E-state index in [1.165, 1.54) is 0 Å². The highest BCUT2D eigenvalue weighted by molar-refractivity contribution is 5.30. The normalized spacial score (nSPS) is 11.4. The molecule has 0 unspecified atom stereocenters. The van der Waals surface area contributed by atoms with Crippen LogP contribution in [0.3, 0.4) is 0 Å². The van der Waals surface area contributed by atoms with Crippen molar-refractivity contribution in [2.24, 2.45) is 0 Å².